The largest absolute Gasteiger partial charge is 0.469 e. The number of aromatic amines is 1. The van der Waals surface area contributed by atoms with Gasteiger partial charge in [0.2, 0.25) is 0 Å². The highest BCUT2D eigenvalue weighted by atomic mass is 31.2. The number of aliphatic hydroxyl groups is 2. The summed E-state index contributed by atoms with van der Waals surface area (Å²) in [6.07, 6.45) is 11.6. The van der Waals surface area contributed by atoms with E-state index in [-0.39, 0.29) is 0 Å². The molecule has 1 aliphatic heterocycles. The van der Waals surface area contributed by atoms with Gasteiger partial charge in [-0.15, -0.1) is 0 Å². The van der Waals surface area contributed by atoms with Crippen molar-refractivity contribution in [2.75, 3.05) is 45.9 Å². The zero-order valence-electron chi connectivity index (χ0n) is 30.0. The predicted molar refractivity (Wildman–Crippen MR) is 188 cm³/mol. The third-order valence-corrected chi connectivity index (χ3v) is 8.32. The van der Waals surface area contributed by atoms with Crippen molar-refractivity contribution in [3.63, 3.8) is 0 Å². The van der Waals surface area contributed by atoms with Crippen LogP contribution in [0.1, 0.15) is 125 Å². The van der Waals surface area contributed by atoms with Crippen molar-refractivity contribution in [2.45, 2.75) is 143 Å². The highest BCUT2D eigenvalue weighted by Gasteiger charge is 2.44. The minimum absolute atomic E-state index is 0.648. The molecule has 0 aromatic carbocycles. The second-order valence-corrected chi connectivity index (χ2v) is 13.4. The van der Waals surface area contributed by atoms with Crippen LogP contribution >= 0.6 is 7.82 Å². The Labute approximate surface area is 282 Å². The van der Waals surface area contributed by atoms with Gasteiger partial charge >= 0.3 is 13.5 Å². The molecule has 2 heterocycles. The molecule has 1 aromatic rings. The lowest BCUT2D eigenvalue weighted by molar-refractivity contribution is -0.0543. The van der Waals surface area contributed by atoms with Crippen LogP contribution in [0.2, 0.25) is 0 Å². The molecule has 1 aromatic heterocycles. The quantitative estimate of drug-likeness (QED) is 0.107. The molecule has 0 radical (unpaired) electrons. The monoisotopic (exact) mass is 694 g/mol. The number of phosphoric acid groups is 1. The number of nitrogens with zero attached hydrogens (tertiary/aromatic N) is 3. The summed E-state index contributed by atoms with van der Waals surface area (Å²) < 4.78 is 20.8. The third kappa shape index (κ3) is 21.3. The average molecular weight is 695 g/mol. The van der Waals surface area contributed by atoms with Gasteiger partial charge in [0.25, 0.3) is 5.56 Å². The predicted octanol–water partition coefficient (Wildman–Crippen LogP) is 4.64. The average Bonchev–Trinajstić information content (AvgIpc) is 3.32. The van der Waals surface area contributed by atoms with Crippen LogP contribution in [0.4, 0.5) is 0 Å². The number of ether oxygens (including phenoxy) is 1. The Morgan fingerprint density at radius 3 is 1.45 bits per heavy atom. The lowest BCUT2D eigenvalue weighted by atomic mass is 10.1. The van der Waals surface area contributed by atoms with Crippen molar-refractivity contribution in [2.24, 2.45) is 0 Å². The van der Waals surface area contributed by atoms with Crippen LogP contribution in [-0.4, -0.2) is 104 Å². The summed E-state index contributed by atoms with van der Waals surface area (Å²) in [5.41, 5.74) is -1.51. The second kappa shape index (κ2) is 27.4. The third-order valence-electron chi connectivity index (χ3n) is 7.84. The number of hydrogen-bond acceptors (Lipinski definition) is 9. The number of nitrogens with one attached hydrogen (secondary N) is 1. The molecule has 278 valence electrons. The van der Waals surface area contributed by atoms with Gasteiger partial charge in [0.1, 0.15) is 18.3 Å². The van der Waals surface area contributed by atoms with Gasteiger partial charge in [0.05, 0.1) is 6.61 Å². The Morgan fingerprint density at radius 2 is 1.13 bits per heavy atom. The van der Waals surface area contributed by atoms with Crippen molar-refractivity contribution < 1.29 is 33.8 Å². The van der Waals surface area contributed by atoms with Crippen molar-refractivity contribution >= 4 is 7.82 Å². The fraction of sp³-hybridized carbons (Fsp3) is 0.879. The van der Waals surface area contributed by atoms with E-state index in [0.29, 0.717) is 0 Å². The summed E-state index contributed by atoms with van der Waals surface area (Å²) in [5.74, 6) is 0. The van der Waals surface area contributed by atoms with Gasteiger partial charge in [-0.2, -0.15) is 0 Å². The van der Waals surface area contributed by atoms with E-state index in [4.69, 9.17) is 14.5 Å². The van der Waals surface area contributed by atoms with Gasteiger partial charge in [-0.05, 0) is 77.8 Å². The fourth-order valence-corrected chi connectivity index (χ4v) is 5.20. The van der Waals surface area contributed by atoms with E-state index >= 15 is 0 Å². The van der Waals surface area contributed by atoms with E-state index in [2.05, 4.69) is 55.9 Å². The molecule has 4 atom stereocenters. The van der Waals surface area contributed by atoms with Crippen LogP contribution in [0.25, 0.3) is 0 Å². The van der Waals surface area contributed by atoms with E-state index in [1.54, 1.807) is 0 Å². The Kier molecular flexibility index (Phi) is 26.6. The zero-order chi connectivity index (χ0) is 35.7. The fourth-order valence-electron chi connectivity index (χ4n) is 4.86. The summed E-state index contributed by atoms with van der Waals surface area (Å²) in [5, 5.41) is 19.6. The number of H-pyrrole nitrogens is 1. The highest BCUT2D eigenvalue weighted by Crippen LogP contribution is 2.38. The number of aliphatic hydroxyl groups excluding tert-OH is 2. The molecule has 47 heavy (non-hydrogen) atoms. The molecule has 0 amide bonds. The molecule has 0 bridgehead atoms. The molecule has 5 N–H and O–H groups in total. The minimum atomic E-state index is -4.76. The van der Waals surface area contributed by atoms with Crippen molar-refractivity contribution in [3.05, 3.63) is 33.1 Å². The second-order valence-electron chi connectivity index (χ2n) is 12.2. The molecule has 1 saturated heterocycles. The van der Waals surface area contributed by atoms with E-state index in [0.717, 1.165) is 16.8 Å². The van der Waals surface area contributed by atoms with Gasteiger partial charge in [-0.1, -0.05) is 80.1 Å². The number of phosphoric ester groups is 1. The smallest absolute Gasteiger partial charge is 0.387 e. The lowest BCUT2D eigenvalue weighted by Gasteiger charge is -2.21. The van der Waals surface area contributed by atoms with Gasteiger partial charge < -0.3 is 34.5 Å². The maximum absolute atomic E-state index is 11.6. The Bertz CT molecular complexity index is 989. The molecule has 0 saturated carbocycles. The highest BCUT2D eigenvalue weighted by molar-refractivity contribution is 7.46. The van der Waals surface area contributed by atoms with Crippen LogP contribution in [0.3, 0.4) is 0 Å². The molecule has 0 unspecified atom stereocenters. The molecule has 2 rings (SSSR count). The van der Waals surface area contributed by atoms with Crippen molar-refractivity contribution in [1.82, 2.24) is 19.4 Å². The molecular formula is C33H67N4O9P. The van der Waals surface area contributed by atoms with E-state index in [1.165, 1.54) is 116 Å². The van der Waals surface area contributed by atoms with Gasteiger partial charge in [0, 0.05) is 12.3 Å². The molecule has 13 nitrogen and oxygen atoms in total. The number of rotatable bonds is 22. The van der Waals surface area contributed by atoms with E-state index < -0.39 is 50.2 Å². The van der Waals surface area contributed by atoms with E-state index in [9.17, 15) is 24.4 Å². The maximum Gasteiger partial charge on any atom is 0.469 e. The molecule has 1 aliphatic rings. The lowest BCUT2D eigenvalue weighted by Crippen LogP contribution is -2.37. The van der Waals surface area contributed by atoms with Gasteiger partial charge in [0.15, 0.2) is 6.23 Å². The summed E-state index contributed by atoms with van der Waals surface area (Å²) in [4.78, 5) is 46.9. The zero-order valence-corrected chi connectivity index (χ0v) is 30.9. The first-order chi connectivity index (χ1) is 22.4. The normalized spacial score (nSPS) is 19.4. The van der Waals surface area contributed by atoms with Crippen LogP contribution in [0.15, 0.2) is 21.9 Å². The Balaban J connectivity index is 0.000000714. The molecule has 0 aliphatic carbocycles. The first kappa shape index (κ1) is 45.6. The van der Waals surface area contributed by atoms with Crippen LogP contribution in [-0.2, 0) is 13.8 Å². The minimum Gasteiger partial charge on any atom is -0.387 e. The molecular weight excluding hydrogens is 627 g/mol. The Hall–Kier alpha value is -1.41. The first-order valence-electron chi connectivity index (χ1n) is 17.9. The summed E-state index contributed by atoms with van der Waals surface area (Å²) in [7, 11) is -4.76. The molecule has 14 heteroatoms. The van der Waals surface area contributed by atoms with Crippen LogP contribution in [0.5, 0.6) is 0 Å². The number of hydrogen-bond donors (Lipinski definition) is 5. The van der Waals surface area contributed by atoms with Gasteiger partial charge in [-0.3, -0.25) is 18.9 Å². The first-order valence-corrected chi connectivity index (χ1v) is 19.4. The van der Waals surface area contributed by atoms with Crippen molar-refractivity contribution in [3.8, 4) is 0 Å². The molecule has 0 spiro atoms. The summed E-state index contributed by atoms with van der Waals surface area (Å²) in [6.45, 7) is 20.9. The Morgan fingerprint density at radius 1 is 0.745 bits per heavy atom. The topological polar surface area (TPSA) is 178 Å². The van der Waals surface area contributed by atoms with Gasteiger partial charge in [-0.25, -0.2) is 9.36 Å². The SMILES string of the molecule is CCCCN(CCCC)CCCC.CCCCN(CCCC)CCCC.O=c1ccn([C@@H]2O[C@H](COP(=O)(O)O)[C@@H](O)[C@H]2O)c(=O)[nH]1. The van der Waals surface area contributed by atoms with Crippen LogP contribution < -0.4 is 11.2 Å². The standard InChI is InChI=1S/2C12H27N.C9H13N2O9P/c2*1-4-7-10-13(11-8-5-2)12-9-6-3;12-5-1-2-11(9(15)10-5)8-7(14)6(13)4(20-8)3-19-21(16,17)18/h2*4-12H2,1-3H3;1-2,4,6-8,13-14H,3H2,(H,10,12,15)(H2,16,17,18)/t;;4-,6-,7-,8-/m..1/s1. The van der Waals surface area contributed by atoms with E-state index in [1.807, 2.05) is 4.98 Å². The summed E-state index contributed by atoms with van der Waals surface area (Å²) >= 11 is 0. The number of aromatic nitrogens is 2. The maximum atomic E-state index is 11.6. The van der Waals surface area contributed by atoms with Crippen molar-refractivity contribution in [1.29, 1.82) is 0 Å². The number of unbranched alkanes of at least 4 members (excludes halogenated alkanes) is 6. The summed E-state index contributed by atoms with van der Waals surface area (Å²) in [6, 6.07) is 1.02. The van der Waals surface area contributed by atoms with Crippen LogP contribution in [0, 0.1) is 0 Å². The molecule has 1 fully saturated rings.